The van der Waals surface area contributed by atoms with Crippen molar-refractivity contribution < 1.29 is 4.57 Å². The zero-order valence-corrected chi connectivity index (χ0v) is 8.14. The molecule has 0 aliphatic carbocycles. The molecule has 0 saturated carbocycles. The van der Waals surface area contributed by atoms with Crippen LogP contribution in [0.25, 0.3) is 0 Å². The van der Waals surface area contributed by atoms with Gasteiger partial charge in [-0.05, 0) is 6.92 Å². The van der Waals surface area contributed by atoms with Crippen LogP contribution in [0.2, 0.25) is 0 Å². The van der Waals surface area contributed by atoms with Crippen LogP contribution in [0.1, 0.15) is 6.92 Å². The average molecular weight is 162 g/mol. The second-order valence-electron chi connectivity index (χ2n) is 2.84. The van der Waals surface area contributed by atoms with E-state index in [0.717, 1.165) is 5.84 Å². The van der Waals surface area contributed by atoms with Crippen LogP contribution in [0, 0.1) is 0 Å². The summed E-state index contributed by atoms with van der Waals surface area (Å²) in [6, 6.07) is 0. The third kappa shape index (κ3) is 4.57. The summed E-state index contributed by atoms with van der Waals surface area (Å²) >= 11 is 0. The maximum Gasteiger partial charge on any atom is 0.185 e. The number of hydrogen-bond donors (Lipinski definition) is 0. The van der Waals surface area contributed by atoms with E-state index in [2.05, 4.69) is 4.76 Å². The first-order chi connectivity index (χ1) is 4.33. The van der Waals surface area contributed by atoms with Crippen LogP contribution in [-0.4, -0.2) is 38.2 Å². The molecular weight excluding hydrogens is 147 g/mol. The number of rotatable bonds is 1. The van der Waals surface area contributed by atoms with Gasteiger partial charge in [-0.15, -0.1) is 0 Å². The largest absolute Gasteiger partial charge is 0.366 e. The first-order valence-electron chi connectivity index (χ1n) is 3.12. The molecule has 0 amide bonds. The predicted octanol–water partition coefficient (Wildman–Crippen LogP) is 1.50. The van der Waals surface area contributed by atoms with Gasteiger partial charge >= 0.3 is 0 Å². The minimum absolute atomic E-state index is 0.813. The third-order valence-electron chi connectivity index (χ3n) is 1.03. The van der Waals surface area contributed by atoms with Crippen molar-refractivity contribution in [2.45, 2.75) is 6.92 Å². The molecule has 0 heterocycles. The van der Waals surface area contributed by atoms with Crippen LogP contribution in [-0.2, 0) is 4.57 Å². The molecule has 0 N–H and O–H groups in total. The Bertz CT molecular complexity index is 180. The van der Waals surface area contributed by atoms with Crippen LogP contribution in [0.5, 0.6) is 0 Å². The molecule has 0 aliphatic heterocycles. The van der Waals surface area contributed by atoms with Gasteiger partial charge in [0, 0.05) is 27.4 Å². The topological polar surface area (TPSA) is 32.7 Å². The summed E-state index contributed by atoms with van der Waals surface area (Å²) in [6.07, 6.45) is 0. The number of nitrogens with zero attached hydrogens (tertiary/aromatic N) is 2. The monoisotopic (exact) mass is 162 g/mol. The summed E-state index contributed by atoms with van der Waals surface area (Å²) in [4.78, 5) is 1.85. The molecule has 3 nitrogen and oxygen atoms in total. The van der Waals surface area contributed by atoms with Crippen molar-refractivity contribution >= 4 is 13.1 Å². The van der Waals surface area contributed by atoms with E-state index in [1.165, 1.54) is 0 Å². The Morgan fingerprint density at radius 3 is 1.90 bits per heavy atom. The summed E-state index contributed by atoms with van der Waals surface area (Å²) < 4.78 is 15.1. The number of amidine groups is 1. The Labute approximate surface area is 62.6 Å². The lowest BCUT2D eigenvalue weighted by Crippen LogP contribution is -2.17. The highest BCUT2D eigenvalue weighted by atomic mass is 31.2. The van der Waals surface area contributed by atoms with Crippen LogP contribution in [0.3, 0.4) is 0 Å². The van der Waals surface area contributed by atoms with Crippen LogP contribution >= 0.6 is 7.29 Å². The van der Waals surface area contributed by atoms with Gasteiger partial charge in [0.1, 0.15) is 5.84 Å². The quantitative estimate of drug-likeness (QED) is 0.332. The van der Waals surface area contributed by atoms with Gasteiger partial charge in [-0.1, -0.05) is 0 Å². The van der Waals surface area contributed by atoms with E-state index in [1.807, 2.05) is 25.9 Å². The molecule has 0 rings (SSSR count). The van der Waals surface area contributed by atoms with E-state index < -0.39 is 7.29 Å². The van der Waals surface area contributed by atoms with E-state index in [1.54, 1.807) is 13.3 Å². The van der Waals surface area contributed by atoms with E-state index in [-0.39, 0.29) is 0 Å². The fourth-order valence-corrected chi connectivity index (χ4v) is 1.31. The molecule has 0 aromatic carbocycles. The van der Waals surface area contributed by atoms with Crippen molar-refractivity contribution in [3.8, 4) is 0 Å². The molecule has 0 atom stereocenters. The SMILES string of the molecule is CC(=NP(C)(C)=O)N(C)C. The second-order valence-corrected chi connectivity index (χ2v) is 5.62. The molecule has 0 saturated heterocycles. The molecule has 0 aromatic heterocycles. The molecule has 60 valence electrons. The lowest BCUT2D eigenvalue weighted by molar-refractivity contribution is 0.580. The summed E-state index contributed by atoms with van der Waals surface area (Å²) in [7, 11) is 1.54. The van der Waals surface area contributed by atoms with Crippen LogP contribution in [0.4, 0.5) is 0 Å². The second kappa shape index (κ2) is 3.20. The molecule has 0 unspecified atom stereocenters. The van der Waals surface area contributed by atoms with Crippen molar-refractivity contribution in [3.05, 3.63) is 0 Å². The zero-order chi connectivity index (χ0) is 8.36. The fourth-order valence-electron chi connectivity index (χ4n) is 0.438. The minimum Gasteiger partial charge on any atom is -0.366 e. The molecular formula is C6H15N2OP. The highest BCUT2D eigenvalue weighted by molar-refractivity contribution is 7.61. The van der Waals surface area contributed by atoms with E-state index in [4.69, 9.17) is 0 Å². The van der Waals surface area contributed by atoms with Crippen LogP contribution in [0.15, 0.2) is 4.76 Å². The Hall–Kier alpha value is -0.300. The van der Waals surface area contributed by atoms with Crippen molar-refractivity contribution in [1.29, 1.82) is 0 Å². The molecule has 0 aliphatic rings. The summed E-state index contributed by atoms with van der Waals surface area (Å²) in [5.41, 5.74) is 0. The van der Waals surface area contributed by atoms with Gasteiger partial charge in [-0.2, -0.15) is 0 Å². The zero-order valence-electron chi connectivity index (χ0n) is 7.25. The number of hydrogen-bond acceptors (Lipinski definition) is 1. The maximum absolute atomic E-state index is 11.1. The van der Waals surface area contributed by atoms with Gasteiger partial charge in [-0.25, -0.2) is 4.76 Å². The van der Waals surface area contributed by atoms with Crippen molar-refractivity contribution in [2.75, 3.05) is 27.4 Å². The fraction of sp³-hybridized carbons (Fsp3) is 0.833. The summed E-state index contributed by atoms with van der Waals surface area (Å²) in [5.74, 6) is 0.813. The Morgan fingerprint density at radius 1 is 1.40 bits per heavy atom. The first-order valence-corrected chi connectivity index (χ1v) is 5.67. The highest BCUT2D eigenvalue weighted by Gasteiger charge is 2.04. The molecule has 0 bridgehead atoms. The molecule has 0 fully saturated rings. The Kier molecular flexibility index (Phi) is 3.10. The van der Waals surface area contributed by atoms with E-state index >= 15 is 0 Å². The van der Waals surface area contributed by atoms with Crippen molar-refractivity contribution in [3.63, 3.8) is 0 Å². The Balaban J connectivity index is 4.33. The van der Waals surface area contributed by atoms with Gasteiger partial charge < -0.3 is 4.90 Å². The predicted molar refractivity (Wildman–Crippen MR) is 46.3 cm³/mol. The molecule has 4 heteroatoms. The Morgan fingerprint density at radius 2 is 1.80 bits per heavy atom. The molecule has 0 spiro atoms. The molecule has 0 radical (unpaired) electrons. The molecule has 10 heavy (non-hydrogen) atoms. The van der Waals surface area contributed by atoms with Gasteiger partial charge in [0.05, 0.1) is 0 Å². The van der Waals surface area contributed by atoms with Gasteiger partial charge in [-0.3, -0.25) is 4.57 Å². The smallest absolute Gasteiger partial charge is 0.185 e. The summed E-state index contributed by atoms with van der Waals surface area (Å²) in [5, 5.41) is 0. The first kappa shape index (κ1) is 9.70. The average Bonchev–Trinajstić information content (AvgIpc) is 1.60. The summed E-state index contributed by atoms with van der Waals surface area (Å²) in [6.45, 7) is 5.15. The van der Waals surface area contributed by atoms with E-state index in [9.17, 15) is 4.57 Å². The molecule has 0 aromatic rings. The third-order valence-corrected chi connectivity index (χ3v) is 1.80. The minimum atomic E-state index is -2.23. The maximum atomic E-state index is 11.1. The highest BCUT2D eigenvalue weighted by Crippen LogP contribution is 2.37. The van der Waals surface area contributed by atoms with Gasteiger partial charge in [0.15, 0.2) is 7.29 Å². The van der Waals surface area contributed by atoms with Crippen molar-refractivity contribution in [1.82, 2.24) is 4.90 Å². The lowest BCUT2D eigenvalue weighted by Gasteiger charge is -2.12. The van der Waals surface area contributed by atoms with Gasteiger partial charge in [0.2, 0.25) is 0 Å². The normalized spacial score (nSPS) is 13.5. The van der Waals surface area contributed by atoms with Gasteiger partial charge in [0.25, 0.3) is 0 Å². The van der Waals surface area contributed by atoms with Crippen LogP contribution < -0.4 is 0 Å². The standard InChI is InChI=1S/C6H15N2OP/c1-6(8(2)3)7-10(4,5)9/h1-5H3. The lowest BCUT2D eigenvalue weighted by atomic mass is 10.6. The van der Waals surface area contributed by atoms with E-state index in [0.29, 0.717) is 0 Å². The van der Waals surface area contributed by atoms with Crippen molar-refractivity contribution in [2.24, 2.45) is 4.76 Å².